The molecule has 1 aliphatic rings. The van der Waals surface area contributed by atoms with Crippen molar-refractivity contribution in [2.75, 3.05) is 13.1 Å². The molecule has 1 aromatic rings. The van der Waals surface area contributed by atoms with Gasteiger partial charge < -0.3 is 15.3 Å². The van der Waals surface area contributed by atoms with E-state index in [4.69, 9.17) is 16.7 Å². The molecular formula is C19H27ClN2O3. The van der Waals surface area contributed by atoms with Crippen molar-refractivity contribution in [3.05, 3.63) is 34.9 Å². The molecule has 2 rings (SSSR count). The summed E-state index contributed by atoms with van der Waals surface area (Å²) >= 11 is 5.97. The average molecular weight is 367 g/mol. The maximum absolute atomic E-state index is 12.7. The first-order chi connectivity index (χ1) is 11.7. The number of halogens is 1. The lowest BCUT2D eigenvalue weighted by Gasteiger charge is -2.33. The Morgan fingerprint density at radius 2 is 1.80 bits per heavy atom. The molecule has 1 fully saturated rings. The molecular weight excluding hydrogens is 340 g/mol. The summed E-state index contributed by atoms with van der Waals surface area (Å²) in [4.78, 5) is 25.4. The Morgan fingerprint density at radius 3 is 2.28 bits per heavy atom. The molecule has 0 spiro atoms. The van der Waals surface area contributed by atoms with Crippen LogP contribution in [0.4, 0.5) is 4.79 Å². The van der Waals surface area contributed by atoms with E-state index in [0.29, 0.717) is 31.0 Å². The number of hydrogen-bond acceptors (Lipinski definition) is 2. The highest BCUT2D eigenvalue weighted by molar-refractivity contribution is 6.30. The molecule has 5 nitrogen and oxygen atoms in total. The van der Waals surface area contributed by atoms with E-state index in [1.807, 2.05) is 24.3 Å². The van der Waals surface area contributed by atoms with Crippen LogP contribution in [0, 0.1) is 11.3 Å². The maximum Gasteiger partial charge on any atom is 0.317 e. The fourth-order valence-electron chi connectivity index (χ4n) is 3.13. The van der Waals surface area contributed by atoms with E-state index in [1.165, 1.54) is 0 Å². The zero-order chi connectivity index (χ0) is 18.6. The van der Waals surface area contributed by atoms with E-state index >= 15 is 0 Å². The van der Waals surface area contributed by atoms with Gasteiger partial charge in [-0.2, -0.15) is 0 Å². The van der Waals surface area contributed by atoms with Crippen molar-refractivity contribution in [2.45, 2.75) is 46.1 Å². The minimum absolute atomic E-state index is 0.0495. The van der Waals surface area contributed by atoms with Crippen LogP contribution in [0.1, 0.15) is 51.6 Å². The maximum atomic E-state index is 12.7. The van der Waals surface area contributed by atoms with Crippen LogP contribution in [0.25, 0.3) is 0 Å². The SMILES string of the molecule is CC(C)(C)CC(NC(=O)N1CCC(C(=O)O)CC1)c1ccc(Cl)cc1. The van der Waals surface area contributed by atoms with E-state index in [-0.39, 0.29) is 23.4 Å². The lowest BCUT2D eigenvalue weighted by molar-refractivity contribution is -0.143. The molecule has 0 aliphatic carbocycles. The van der Waals surface area contributed by atoms with Crippen LogP contribution >= 0.6 is 11.6 Å². The molecule has 0 saturated carbocycles. The number of hydrogen-bond donors (Lipinski definition) is 2. The van der Waals surface area contributed by atoms with Crippen LogP contribution in [0.15, 0.2) is 24.3 Å². The second-order valence-electron chi connectivity index (χ2n) is 7.92. The third-order valence-electron chi connectivity index (χ3n) is 4.52. The van der Waals surface area contributed by atoms with E-state index in [0.717, 1.165) is 12.0 Å². The Morgan fingerprint density at radius 1 is 1.24 bits per heavy atom. The van der Waals surface area contributed by atoms with Gasteiger partial charge in [0.05, 0.1) is 12.0 Å². The number of nitrogens with one attached hydrogen (secondary N) is 1. The summed E-state index contributed by atoms with van der Waals surface area (Å²) in [5, 5.41) is 12.9. The number of rotatable bonds is 4. The first-order valence-electron chi connectivity index (χ1n) is 8.69. The van der Waals surface area contributed by atoms with Crippen molar-refractivity contribution in [1.82, 2.24) is 10.2 Å². The highest BCUT2D eigenvalue weighted by Crippen LogP contribution is 2.30. The highest BCUT2D eigenvalue weighted by Gasteiger charge is 2.29. The second kappa shape index (κ2) is 8.09. The zero-order valence-corrected chi connectivity index (χ0v) is 15.8. The van der Waals surface area contributed by atoms with Gasteiger partial charge in [-0.3, -0.25) is 4.79 Å². The molecule has 1 atom stereocenters. The van der Waals surface area contributed by atoms with Crippen molar-refractivity contribution in [2.24, 2.45) is 11.3 Å². The summed E-state index contributed by atoms with van der Waals surface area (Å²) in [5.74, 6) is -1.11. The number of likely N-dealkylation sites (tertiary alicyclic amines) is 1. The van der Waals surface area contributed by atoms with Crippen molar-refractivity contribution < 1.29 is 14.7 Å². The topological polar surface area (TPSA) is 69.6 Å². The molecule has 1 saturated heterocycles. The summed E-state index contributed by atoms with van der Waals surface area (Å²) < 4.78 is 0. The molecule has 6 heteroatoms. The third kappa shape index (κ3) is 5.92. The number of carbonyl (C=O) groups is 2. The number of carboxylic acid groups (broad SMARTS) is 1. The Kier molecular flexibility index (Phi) is 6.33. The molecule has 1 aliphatic heterocycles. The zero-order valence-electron chi connectivity index (χ0n) is 15.1. The Balaban J connectivity index is 2.04. The van der Waals surface area contributed by atoms with Crippen LogP contribution in [0.3, 0.4) is 0 Å². The smallest absolute Gasteiger partial charge is 0.317 e. The summed E-state index contributed by atoms with van der Waals surface area (Å²) in [5.41, 5.74) is 1.07. The minimum atomic E-state index is -0.771. The standard InChI is InChI=1S/C19H27ClN2O3/c1-19(2,3)12-16(13-4-6-15(20)7-5-13)21-18(25)22-10-8-14(9-11-22)17(23)24/h4-7,14,16H,8-12H2,1-3H3,(H,21,25)(H,23,24). The summed E-state index contributed by atoms with van der Waals surface area (Å²) in [6.07, 6.45) is 1.81. The number of piperidine rings is 1. The first-order valence-corrected chi connectivity index (χ1v) is 9.07. The normalized spacial score (nSPS) is 17.2. The van der Waals surface area contributed by atoms with Gasteiger partial charge in [-0.25, -0.2) is 4.79 Å². The number of amides is 2. The van der Waals surface area contributed by atoms with Crippen LogP contribution in [0.5, 0.6) is 0 Å². The van der Waals surface area contributed by atoms with Crippen LogP contribution in [0.2, 0.25) is 5.02 Å². The Hall–Kier alpha value is -1.75. The van der Waals surface area contributed by atoms with Crippen molar-refractivity contribution >= 4 is 23.6 Å². The summed E-state index contributed by atoms with van der Waals surface area (Å²) in [6.45, 7) is 7.37. The number of aliphatic carboxylic acids is 1. The predicted octanol–water partition coefficient (Wildman–Crippen LogP) is 4.32. The van der Waals surface area contributed by atoms with Gasteiger partial charge in [0.15, 0.2) is 0 Å². The van der Waals surface area contributed by atoms with E-state index in [9.17, 15) is 9.59 Å². The van der Waals surface area contributed by atoms with Gasteiger partial charge in [-0.1, -0.05) is 44.5 Å². The molecule has 0 radical (unpaired) electrons. The van der Waals surface area contributed by atoms with Crippen LogP contribution in [-0.2, 0) is 4.79 Å². The third-order valence-corrected chi connectivity index (χ3v) is 4.77. The number of benzene rings is 1. The van der Waals surface area contributed by atoms with Crippen LogP contribution in [-0.4, -0.2) is 35.1 Å². The fraction of sp³-hybridized carbons (Fsp3) is 0.579. The molecule has 2 N–H and O–H groups in total. The largest absolute Gasteiger partial charge is 0.481 e. The number of carbonyl (C=O) groups excluding carboxylic acids is 1. The quantitative estimate of drug-likeness (QED) is 0.833. The van der Waals surface area contributed by atoms with Gasteiger partial charge in [-0.05, 0) is 42.4 Å². The lowest BCUT2D eigenvalue weighted by atomic mass is 9.85. The predicted molar refractivity (Wildman–Crippen MR) is 98.7 cm³/mol. The number of nitrogens with zero attached hydrogens (tertiary/aromatic N) is 1. The van der Waals surface area contributed by atoms with Crippen molar-refractivity contribution in [3.8, 4) is 0 Å². The molecule has 25 heavy (non-hydrogen) atoms. The number of urea groups is 1. The summed E-state index contributed by atoms with van der Waals surface area (Å²) in [7, 11) is 0. The molecule has 138 valence electrons. The van der Waals surface area contributed by atoms with Gasteiger partial charge >= 0.3 is 12.0 Å². The van der Waals surface area contributed by atoms with Gasteiger partial charge in [-0.15, -0.1) is 0 Å². The fourth-order valence-corrected chi connectivity index (χ4v) is 3.26. The molecule has 1 heterocycles. The van der Waals surface area contributed by atoms with Gasteiger partial charge in [0.1, 0.15) is 0 Å². The average Bonchev–Trinajstić information content (AvgIpc) is 2.53. The molecule has 2 amide bonds. The second-order valence-corrected chi connectivity index (χ2v) is 8.35. The monoisotopic (exact) mass is 366 g/mol. The number of carboxylic acids is 1. The molecule has 0 aromatic heterocycles. The highest BCUT2D eigenvalue weighted by atomic mass is 35.5. The van der Waals surface area contributed by atoms with E-state index in [1.54, 1.807) is 4.90 Å². The minimum Gasteiger partial charge on any atom is -0.481 e. The Labute approximate surface area is 154 Å². The first kappa shape index (κ1) is 19.6. The summed E-state index contributed by atoms with van der Waals surface area (Å²) in [6, 6.07) is 7.30. The molecule has 1 unspecified atom stereocenters. The van der Waals surface area contributed by atoms with Crippen molar-refractivity contribution in [1.29, 1.82) is 0 Å². The lowest BCUT2D eigenvalue weighted by Crippen LogP contribution is -2.46. The molecule has 1 aromatic carbocycles. The van der Waals surface area contributed by atoms with E-state index < -0.39 is 5.97 Å². The van der Waals surface area contributed by atoms with Gasteiger partial charge in [0.25, 0.3) is 0 Å². The van der Waals surface area contributed by atoms with Gasteiger partial charge in [0.2, 0.25) is 0 Å². The van der Waals surface area contributed by atoms with Crippen LogP contribution < -0.4 is 5.32 Å². The van der Waals surface area contributed by atoms with E-state index in [2.05, 4.69) is 26.1 Å². The van der Waals surface area contributed by atoms with Crippen molar-refractivity contribution in [3.63, 3.8) is 0 Å². The molecule has 0 bridgehead atoms. The van der Waals surface area contributed by atoms with Gasteiger partial charge in [0, 0.05) is 18.1 Å². The Bertz CT molecular complexity index is 602.